The third-order valence-corrected chi connectivity index (χ3v) is 6.24. The molecule has 3 N–H and O–H groups in total. The molecule has 2 aliphatic rings. The highest BCUT2D eigenvalue weighted by Gasteiger charge is 2.36. The summed E-state index contributed by atoms with van der Waals surface area (Å²) < 4.78 is 6.09. The van der Waals surface area contributed by atoms with E-state index in [1.807, 2.05) is 31.2 Å². The van der Waals surface area contributed by atoms with Gasteiger partial charge in [0.2, 0.25) is 11.8 Å². The molecule has 4 heterocycles. The SMILES string of the molecule is CNc1ncc(-c2nc3cc(N4CC(C)(O)C4)ccc3o2)c2cc(NC(=O)C3CC3)ncc12. The summed E-state index contributed by atoms with van der Waals surface area (Å²) in [5.74, 6) is 1.73. The number of nitrogens with one attached hydrogen (secondary N) is 2. The number of carbonyl (C=O) groups excluding carboxylic acids is 1. The highest BCUT2D eigenvalue weighted by atomic mass is 16.3. The first-order chi connectivity index (χ1) is 15.9. The molecule has 2 fully saturated rings. The summed E-state index contributed by atoms with van der Waals surface area (Å²) in [7, 11) is 1.80. The molecule has 1 saturated carbocycles. The second-order valence-corrected chi connectivity index (χ2v) is 9.17. The molecular weight excluding hydrogens is 420 g/mol. The van der Waals surface area contributed by atoms with Crippen molar-refractivity contribution in [1.29, 1.82) is 0 Å². The van der Waals surface area contributed by atoms with Gasteiger partial charge in [0.1, 0.15) is 17.2 Å². The summed E-state index contributed by atoms with van der Waals surface area (Å²) >= 11 is 0. The van der Waals surface area contributed by atoms with Gasteiger partial charge in [-0.2, -0.15) is 0 Å². The quantitative estimate of drug-likeness (QED) is 0.429. The Bertz CT molecular complexity index is 1400. The van der Waals surface area contributed by atoms with Crippen molar-refractivity contribution in [3.8, 4) is 11.5 Å². The van der Waals surface area contributed by atoms with E-state index < -0.39 is 5.60 Å². The number of anilines is 3. The van der Waals surface area contributed by atoms with Gasteiger partial charge < -0.3 is 25.1 Å². The van der Waals surface area contributed by atoms with Gasteiger partial charge in [0, 0.05) is 54.9 Å². The molecule has 33 heavy (non-hydrogen) atoms. The van der Waals surface area contributed by atoms with Crippen LogP contribution in [0.3, 0.4) is 0 Å². The Morgan fingerprint density at radius 2 is 2.00 bits per heavy atom. The zero-order chi connectivity index (χ0) is 22.7. The lowest BCUT2D eigenvalue weighted by Crippen LogP contribution is -2.60. The number of β-amino-alcohol motifs (C(OH)–C–C–N with tert-alkyl or cyclic N) is 1. The lowest BCUT2D eigenvalue weighted by Gasteiger charge is -2.45. The van der Waals surface area contributed by atoms with Gasteiger partial charge in [-0.3, -0.25) is 4.79 Å². The van der Waals surface area contributed by atoms with E-state index in [0.29, 0.717) is 36.2 Å². The maximum Gasteiger partial charge on any atom is 0.229 e. The molecule has 1 aromatic carbocycles. The van der Waals surface area contributed by atoms with Crippen molar-refractivity contribution in [2.45, 2.75) is 25.4 Å². The van der Waals surface area contributed by atoms with Crippen LogP contribution in [0.1, 0.15) is 19.8 Å². The molecule has 1 amide bonds. The van der Waals surface area contributed by atoms with E-state index >= 15 is 0 Å². The third kappa shape index (κ3) is 3.54. The summed E-state index contributed by atoms with van der Waals surface area (Å²) in [6.45, 7) is 3.01. The number of hydrogen-bond acceptors (Lipinski definition) is 8. The Balaban J connectivity index is 1.40. The van der Waals surface area contributed by atoms with Crippen LogP contribution in [0, 0.1) is 5.92 Å². The van der Waals surface area contributed by atoms with Gasteiger partial charge in [0.15, 0.2) is 5.58 Å². The van der Waals surface area contributed by atoms with Crippen LogP contribution in [0.25, 0.3) is 33.3 Å². The fourth-order valence-corrected chi connectivity index (χ4v) is 4.33. The first-order valence-electron chi connectivity index (χ1n) is 11.1. The fourth-order valence-electron chi connectivity index (χ4n) is 4.33. The van der Waals surface area contributed by atoms with Gasteiger partial charge in [-0.25, -0.2) is 15.0 Å². The second-order valence-electron chi connectivity index (χ2n) is 9.17. The lowest BCUT2D eigenvalue weighted by atomic mass is 9.96. The smallest absolute Gasteiger partial charge is 0.229 e. The highest BCUT2D eigenvalue weighted by molar-refractivity contribution is 6.03. The van der Waals surface area contributed by atoms with Gasteiger partial charge in [0.25, 0.3) is 0 Å². The molecule has 0 atom stereocenters. The largest absolute Gasteiger partial charge is 0.436 e. The van der Waals surface area contributed by atoms with E-state index in [-0.39, 0.29) is 11.8 Å². The monoisotopic (exact) mass is 444 g/mol. The van der Waals surface area contributed by atoms with Crippen LogP contribution >= 0.6 is 0 Å². The normalized spacial score (nSPS) is 17.2. The highest BCUT2D eigenvalue weighted by Crippen LogP contribution is 2.36. The number of aliphatic hydroxyl groups is 1. The predicted octanol–water partition coefficient (Wildman–Crippen LogP) is 3.40. The number of nitrogens with zero attached hydrogens (tertiary/aromatic N) is 4. The summed E-state index contributed by atoms with van der Waals surface area (Å²) in [5, 5.41) is 17.7. The summed E-state index contributed by atoms with van der Waals surface area (Å²) in [4.78, 5) is 28.0. The Morgan fingerprint density at radius 3 is 2.73 bits per heavy atom. The average Bonchev–Trinajstić information content (AvgIpc) is 3.55. The van der Waals surface area contributed by atoms with Gasteiger partial charge in [-0.1, -0.05) is 0 Å². The van der Waals surface area contributed by atoms with Gasteiger partial charge in [-0.05, 0) is 44.0 Å². The third-order valence-electron chi connectivity index (χ3n) is 6.24. The molecule has 0 unspecified atom stereocenters. The minimum atomic E-state index is -0.649. The Hall–Kier alpha value is -3.72. The van der Waals surface area contributed by atoms with E-state index in [1.165, 1.54) is 0 Å². The minimum absolute atomic E-state index is 0.00524. The molecule has 1 aliphatic heterocycles. The van der Waals surface area contributed by atoms with E-state index in [0.717, 1.165) is 40.4 Å². The molecule has 6 rings (SSSR count). The van der Waals surface area contributed by atoms with Gasteiger partial charge in [-0.15, -0.1) is 0 Å². The topological polar surface area (TPSA) is 116 Å². The Kier molecular flexibility index (Phi) is 4.31. The van der Waals surface area contributed by atoms with Crippen LogP contribution in [0.15, 0.2) is 41.1 Å². The van der Waals surface area contributed by atoms with Crippen molar-refractivity contribution in [2.75, 3.05) is 35.7 Å². The van der Waals surface area contributed by atoms with E-state index in [4.69, 9.17) is 9.40 Å². The maximum absolute atomic E-state index is 12.2. The number of pyridine rings is 2. The predicted molar refractivity (Wildman–Crippen MR) is 126 cm³/mol. The van der Waals surface area contributed by atoms with Gasteiger partial charge >= 0.3 is 0 Å². The molecule has 0 bridgehead atoms. The van der Waals surface area contributed by atoms with E-state index in [2.05, 4.69) is 25.5 Å². The molecular formula is C24H24N6O3. The van der Waals surface area contributed by atoms with Crippen molar-refractivity contribution in [1.82, 2.24) is 15.0 Å². The average molecular weight is 444 g/mol. The van der Waals surface area contributed by atoms with Crippen molar-refractivity contribution in [3.05, 3.63) is 36.7 Å². The first kappa shape index (κ1) is 19.9. The number of carbonyl (C=O) groups is 1. The lowest BCUT2D eigenvalue weighted by molar-refractivity contribution is -0.117. The molecule has 1 saturated heterocycles. The minimum Gasteiger partial charge on any atom is -0.436 e. The summed E-state index contributed by atoms with van der Waals surface area (Å²) in [6, 6.07) is 7.69. The number of rotatable bonds is 5. The molecule has 9 heteroatoms. The first-order valence-corrected chi connectivity index (χ1v) is 11.1. The zero-order valence-corrected chi connectivity index (χ0v) is 18.4. The van der Waals surface area contributed by atoms with Crippen molar-refractivity contribution in [3.63, 3.8) is 0 Å². The Labute approximate surface area is 189 Å². The van der Waals surface area contributed by atoms with Crippen molar-refractivity contribution >= 4 is 45.1 Å². The van der Waals surface area contributed by atoms with Crippen molar-refractivity contribution < 1.29 is 14.3 Å². The number of aromatic nitrogens is 3. The molecule has 9 nitrogen and oxygen atoms in total. The molecule has 3 aromatic heterocycles. The van der Waals surface area contributed by atoms with E-state index in [9.17, 15) is 9.90 Å². The number of oxazole rings is 1. The summed E-state index contributed by atoms with van der Waals surface area (Å²) in [5.41, 5.74) is 2.47. The molecule has 1 aliphatic carbocycles. The molecule has 168 valence electrons. The second kappa shape index (κ2) is 7.14. The number of amides is 1. The number of fused-ring (bicyclic) bond motifs is 2. The van der Waals surface area contributed by atoms with Crippen LogP contribution in [0.4, 0.5) is 17.3 Å². The maximum atomic E-state index is 12.2. The standard InChI is InChI=1S/C24H24N6O3/c1-24(32)11-30(12-24)14-5-6-19-18(7-14)28-23(33-19)17-10-27-21(25-2)16-9-26-20(8-15(16)17)29-22(31)13-3-4-13/h5-10,13,32H,3-4,11-12H2,1-2H3,(H,25,27)(H,26,29,31). The summed E-state index contributed by atoms with van der Waals surface area (Å²) in [6.07, 6.45) is 5.28. The van der Waals surface area contributed by atoms with Crippen molar-refractivity contribution in [2.24, 2.45) is 5.92 Å². The molecule has 0 radical (unpaired) electrons. The number of hydrogen-bond donors (Lipinski definition) is 3. The van der Waals surface area contributed by atoms with Crippen LogP contribution < -0.4 is 15.5 Å². The van der Waals surface area contributed by atoms with Crippen LogP contribution in [-0.4, -0.2) is 51.7 Å². The molecule has 4 aromatic rings. The van der Waals surface area contributed by atoms with E-state index in [1.54, 1.807) is 19.4 Å². The fraction of sp³-hybridized carbons (Fsp3) is 0.333. The zero-order valence-electron chi connectivity index (χ0n) is 18.4. The number of benzene rings is 1. The van der Waals surface area contributed by atoms with Crippen LogP contribution in [-0.2, 0) is 4.79 Å². The Morgan fingerprint density at radius 1 is 1.18 bits per heavy atom. The van der Waals surface area contributed by atoms with Crippen LogP contribution in [0.2, 0.25) is 0 Å². The van der Waals surface area contributed by atoms with Gasteiger partial charge in [0.05, 0.1) is 11.2 Å². The molecule has 0 spiro atoms. The van der Waals surface area contributed by atoms with Crippen LogP contribution in [0.5, 0.6) is 0 Å².